The Labute approximate surface area is 567 Å². The van der Waals surface area contributed by atoms with Gasteiger partial charge in [-0.2, -0.15) is 0 Å². The molecule has 0 bridgehead atoms. The Morgan fingerprint density at radius 3 is 0.732 bits per heavy atom. The Balaban J connectivity index is 1.65. The van der Waals surface area contributed by atoms with Crippen molar-refractivity contribution in [2.75, 3.05) is 232 Å². The summed E-state index contributed by atoms with van der Waals surface area (Å²) in [6.07, 6.45) is 0. The van der Waals surface area contributed by atoms with Crippen LogP contribution in [0, 0.1) is 0 Å². The van der Waals surface area contributed by atoms with Crippen molar-refractivity contribution >= 4 is 29.7 Å². The van der Waals surface area contributed by atoms with Gasteiger partial charge in [-0.3, -0.25) is 4.79 Å². The highest BCUT2D eigenvalue weighted by Crippen LogP contribution is 2.31. The first-order valence-electron chi connectivity index (χ1n) is 32.5. The van der Waals surface area contributed by atoms with E-state index in [-0.39, 0.29) is 141 Å². The Bertz CT molecular complexity index is 2580. The van der Waals surface area contributed by atoms with E-state index in [1.54, 1.807) is 19.2 Å². The Morgan fingerprint density at radius 1 is 0.237 bits per heavy atom. The fraction of sp³-hybridized carbons (Fsp3) is 0.580. The van der Waals surface area contributed by atoms with Crippen molar-refractivity contribution in [1.29, 1.82) is 0 Å². The summed E-state index contributed by atoms with van der Waals surface area (Å²) >= 11 is 0. The number of carbonyl (C=O) groups is 5. The van der Waals surface area contributed by atoms with E-state index in [0.717, 1.165) is 18.2 Å². The zero-order valence-corrected chi connectivity index (χ0v) is 56.9. The van der Waals surface area contributed by atoms with E-state index in [0.29, 0.717) is 152 Å². The van der Waals surface area contributed by atoms with Crippen molar-refractivity contribution in [3.05, 3.63) is 101 Å². The minimum Gasteiger partial charge on any atom is -0.491 e. The maximum absolute atomic E-state index is 14.5. The summed E-state index contributed by atoms with van der Waals surface area (Å²) in [7, 11) is 1.56. The third kappa shape index (κ3) is 38.7. The number of hydrogen-bond acceptors (Lipinski definition) is 28. The SMILES string of the molecule is CCOCCOCCOCCOc1cc(OCCOCCOCCOCC)cc(OC(=O)c2cc(C(=O)Oc3cc(OCCOCCOCCOCC)cc(OCCOCCOCCOCC)c3)cc(C(=O)Oc3cc(C(C)=O)cc(C(=O)OCCOCCOCCOC)c3)c2)c1. The fourth-order valence-corrected chi connectivity index (χ4v) is 7.95. The Morgan fingerprint density at radius 2 is 0.454 bits per heavy atom. The molecule has 4 rings (SSSR count). The molecule has 4 aromatic carbocycles. The van der Waals surface area contributed by atoms with E-state index in [1.165, 1.54) is 49.4 Å². The molecular formula is C69H98O28. The van der Waals surface area contributed by atoms with Gasteiger partial charge in [0.25, 0.3) is 0 Å². The molecule has 0 N–H and O–H groups in total. The van der Waals surface area contributed by atoms with E-state index in [1.807, 2.05) is 27.7 Å². The third-order valence-electron chi connectivity index (χ3n) is 12.6. The highest BCUT2D eigenvalue weighted by atomic mass is 16.6. The van der Waals surface area contributed by atoms with E-state index in [2.05, 4.69) is 0 Å². The molecule has 0 aliphatic heterocycles. The first kappa shape index (κ1) is 82.5. The molecule has 0 amide bonds. The normalized spacial score (nSPS) is 11.2. The Kier molecular flexibility index (Phi) is 45.9. The number of Topliss-reactive ketones (excluding diaryl/α,β-unsaturated/α-hetero) is 1. The molecule has 97 heavy (non-hydrogen) atoms. The highest BCUT2D eigenvalue weighted by molar-refractivity contribution is 6.03. The summed E-state index contributed by atoms with van der Waals surface area (Å²) in [6, 6.07) is 16.1. The minimum atomic E-state index is -1.13. The second-order valence-electron chi connectivity index (χ2n) is 20.0. The van der Waals surface area contributed by atoms with Crippen LogP contribution < -0.4 is 33.2 Å². The van der Waals surface area contributed by atoms with Crippen LogP contribution in [0.4, 0.5) is 0 Å². The first-order chi connectivity index (χ1) is 47.5. The van der Waals surface area contributed by atoms with E-state index < -0.39 is 29.7 Å². The predicted molar refractivity (Wildman–Crippen MR) is 349 cm³/mol. The van der Waals surface area contributed by atoms with Crippen LogP contribution in [0.15, 0.2) is 72.8 Å². The zero-order valence-electron chi connectivity index (χ0n) is 56.9. The minimum absolute atomic E-state index is 0.00209. The lowest BCUT2D eigenvalue weighted by Gasteiger charge is -2.15. The maximum atomic E-state index is 14.5. The van der Waals surface area contributed by atoms with Crippen LogP contribution in [0.3, 0.4) is 0 Å². The molecule has 0 radical (unpaired) electrons. The quantitative estimate of drug-likeness (QED) is 0.0183. The lowest BCUT2D eigenvalue weighted by atomic mass is 10.0. The van der Waals surface area contributed by atoms with Gasteiger partial charge >= 0.3 is 23.9 Å². The van der Waals surface area contributed by atoms with E-state index in [9.17, 15) is 24.0 Å². The second-order valence-corrected chi connectivity index (χ2v) is 20.0. The molecule has 0 saturated carbocycles. The van der Waals surface area contributed by atoms with Gasteiger partial charge < -0.3 is 109 Å². The molecule has 0 heterocycles. The number of ether oxygens (including phenoxy) is 23. The smallest absolute Gasteiger partial charge is 0.343 e. The number of rotatable bonds is 61. The van der Waals surface area contributed by atoms with Crippen LogP contribution in [0.2, 0.25) is 0 Å². The molecule has 0 fully saturated rings. The van der Waals surface area contributed by atoms with Gasteiger partial charge in [-0.25, -0.2) is 19.2 Å². The van der Waals surface area contributed by atoms with Gasteiger partial charge in [-0.05, 0) is 71.0 Å². The van der Waals surface area contributed by atoms with Gasteiger partial charge in [0, 0.05) is 75.5 Å². The van der Waals surface area contributed by atoms with Crippen LogP contribution in [0.5, 0.6) is 40.2 Å². The summed E-state index contributed by atoms with van der Waals surface area (Å²) in [5.74, 6) is -3.98. The van der Waals surface area contributed by atoms with Crippen molar-refractivity contribution in [2.24, 2.45) is 0 Å². The van der Waals surface area contributed by atoms with Crippen LogP contribution in [-0.2, 0) is 75.8 Å². The maximum Gasteiger partial charge on any atom is 0.343 e. The molecule has 0 atom stereocenters. The number of methoxy groups -OCH3 is 1. The summed E-state index contributed by atoms with van der Waals surface area (Å²) in [6.45, 7) is 19.7. The Hall–Kier alpha value is -6.97. The number of carbonyl (C=O) groups excluding carboxylic acids is 5. The molecule has 0 aliphatic carbocycles. The van der Waals surface area contributed by atoms with Crippen LogP contribution in [0.25, 0.3) is 0 Å². The zero-order chi connectivity index (χ0) is 69.6. The van der Waals surface area contributed by atoms with Crippen LogP contribution >= 0.6 is 0 Å². The van der Waals surface area contributed by atoms with Crippen molar-refractivity contribution in [3.63, 3.8) is 0 Å². The van der Waals surface area contributed by atoms with Gasteiger partial charge in [0.15, 0.2) is 5.78 Å². The van der Waals surface area contributed by atoms with Gasteiger partial charge in [-0.1, -0.05) is 0 Å². The number of hydrogen-bond donors (Lipinski definition) is 0. The molecule has 0 unspecified atom stereocenters. The summed E-state index contributed by atoms with van der Waals surface area (Å²) in [5, 5.41) is 0. The molecule has 0 saturated heterocycles. The van der Waals surface area contributed by atoms with E-state index in [4.69, 9.17) is 109 Å². The standard InChI is InChI=1S/C69H98O28/c1-7-76-13-17-81-22-27-85-31-36-90-59-47-60(91-37-32-86-28-23-82-18-14-77-8-2)50-64(49-59)96-68(73)56-42-55(67(72)95-63-45-54(53(5)70)41-58(46-63)66(71)94-40-35-89-26-21-80-12-11-75-6)43-57(44-56)69(74)97-65-51-61(92-38-33-87-29-24-83-19-15-78-9-3)48-62(52-65)93-39-34-88-30-25-84-20-16-79-10-4/h41-52H,7-40H2,1-6H3. The third-order valence-corrected chi connectivity index (χ3v) is 12.6. The molecule has 0 aliphatic rings. The molecule has 542 valence electrons. The van der Waals surface area contributed by atoms with Crippen molar-refractivity contribution in [1.82, 2.24) is 0 Å². The average Bonchev–Trinajstić information content (AvgIpc) is 0.842. The summed E-state index contributed by atoms with van der Waals surface area (Å²) in [5.41, 5.74) is -1.13. The van der Waals surface area contributed by atoms with Crippen LogP contribution in [-0.4, -0.2) is 261 Å². The monoisotopic (exact) mass is 1370 g/mol. The van der Waals surface area contributed by atoms with Crippen molar-refractivity contribution in [2.45, 2.75) is 34.6 Å². The molecule has 28 heteroatoms. The topological polar surface area (TPSA) is 298 Å². The molecule has 0 aromatic heterocycles. The van der Waals surface area contributed by atoms with Crippen LogP contribution in [0.1, 0.15) is 86.4 Å². The van der Waals surface area contributed by atoms with Crippen molar-refractivity contribution in [3.8, 4) is 40.2 Å². The average molecular weight is 1380 g/mol. The second kappa shape index (κ2) is 54.0. The number of ketones is 1. The number of benzene rings is 4. The van der Waals surface area contributed by atoms with Gasteiger partial charge in [-0.15, -0.1) is 0 Å². The molecule has 0 spiro atoms. The lowest BCUT2D eigenvalue weighted by Crippen LogP contribution is -2.17. The summed E-state index contributed by atoms with van der Waals surface area (Å²) in [4.78, 5) is 69.6. The molecule has 28 nitrogen and oxygen atoms in total. The predicted octanol–water partition coefficient (Wildman–Crippen LogP) is 7.18. The molecule has 4 aromatic rings. The first-order valence-corrected chi connectivity index (χ1v) is 32.5. The number of esters is 4. The highest BCUT2D eigenvalue weighted by Gasteiger charge is 2.23. The van der Waals surface area contributed by atoms with E-state index >= 15 is 0 Å². The molecular weight excluding hydrogens is 1280 g/mol. The largest absolute Gasteiger partial charge is 0.491 e. The lowest BCUT2D eigenvalue weighted by molar-refractivity contribution is 0.00567. The van der Waals surface area contributed by atoms with Gasteiger partial charge in [0.1, 0.15) is 73.3 Å². The fourth-order valence-electron chi connectivity index (χ4n) is 7.95. The van der Waals surface area contributed by atoms with Gasteiger partial charge in [0.2, 0.25) is 0 Å². The summed E-state index contributed by atoms with van der Waals surface area (Å²) < 4.78 is 129. The van der Waals surface area contributed by atoms with Crippen molar-refractivity contribution < 1.29 is 133 Å². The van der Waals surface area contributed by atoms with Gasteiger partial charge in [0.05, 0.1) is 187 Å².